The Balaban J connectivity index is 1.66. The van der Waals surface area contributed by atoms with E-state index in [-0.39, 0.29) is 16.2 Å². The van der Waals surface area contributed by atoms with Crippen molar-refractivity contribution >= 4 is 34.8 Å². The first kappa shape index (κ1) is 26.8. The molecule has 38 heavy (non-hydrogen) atoms. The van der Waals surface area contributed by atoms with Gasteiger partial charge in [0.2, 0.25) is 0 Å². The predicted octanol–water partition coefficient (Wildman–Crippen LogP) is 6.99. The van der Waals surface area contributed by atoms with Crippen LogP contribution in [0.1, 0.15) is 64.3 Å². The Morgan fingerprint density at radius 3 is 1.84 bits per heavy atom. The fourth-order valence-electron chi connectivity index (χ4n) is 5.03. The number of para-hydroxylation sites is 2. The molecule has 1 aliphatic heterocycles. The van der Waals surface area contributed by atoms with Crippen LogP contribution in [-0.4, -0.2) is 8.96 Å². The van der Waals surface area contributed by atoms with Crippen LogP contribution in [0, 0.1) is 0 Å². The van der Waals surface area contributed by atoms with Crippen LogP contribution in [0.2, 0.25) is 0 Å². The van der Waals surface area contributed by atoms with Crippen molar-refractivity contribution in [3.8, 4) is 11.5 Å². The highest BCUT2D eigenvalue weighted by Crippen LogP contribution is 2.52. The highest BCUT2D eigenvalue weighted by molar-refractivity contribution is 7.84. The highest BCUT2D eigenvalue weighted by Gasteiger charge is 2.38. The summed E-state index contributed by atoms with van der Waals surface area (Å²) < 4.78 is 22.9. The molecule has 2 atom stereocenters. The molecule has 0 aromatic heterocycles. The normalized spacial score (nSPS) is 15.8. The average Bonchev–Trinajstić information content (AvgIpc) is 2.90. The lowest BCUT2D eigenvalue weighted by Crippen LogP contribution is -2.35. The second-order valence-corrected chi connectivity index (χ2v) is 15.5. The van der Waals surface area contributed by atoms with Crippen molar-refractivity contribution in [2.45, 2.75) is 57.7 Å². The fraction of sp³-hybridized carbons (Fsp3) is 0.273. The van der Waals surface area contributed by atoms with Gasteiger partial charge in [-0.3, -0.25) is 0 Å². The van der Waals surface area contributed by atoms with Gasteiger partial charge in [0.25, 0.3) is 0 Å². The molecule has 5 heteroatoms. The minimum atomic E-state index is -1.20. The van der Waals surface area contributed by atoms with Crippen molar-refractivity contribution < 1.29 is 8.95 Å². The van der Waals surface area contributed by atoms with E-state index in [2.05, 4.69) is 123 Å². The summed E-state index contributed by atoms with van der Waals surface area (Å²) in [6.07, 6.45) is 0. The van der Waals surface area contributed by atoms with E-state index in [1.165, 1.54) is 21.5 Å². The van der Waals surface area contributed by atoms with Gasteiger partial charge in [-0.05, 0) is 46.2 Å². The minimum absolute atomic E-state index is 0.140. The lowest BCUT2D eigenvalue weighted by Gasteiger charge is -2.38. The zero-order valence-electron chi connectivity index (χ0n) is 23.0. The van der Waals surface area contributed by atoms with Crippen LogP contribution >= 0.6 is 7.92 Å². The number of ether oxygens (including phenoxy) is 1. The zero-order valence-corrected chi connectivity index (χ0v) is 24.7. The Morgan fingerprint density at radius 2 is 1.29 bits per heavy atom. The van der Waals surface area contributed by atoms with E-state index in [1.54, 1.807) is 0 Å². The Kier molecular flexibility index (Phi) is 7.35. The SMILES string of the molecule is C[C@@H](N[S@](=O)C(C)(C)C)c1cccc2c1Oc1c(P(c3ccccc3)c3ccccc3)cccc1C2(C)C. The summed E-state index contributed by atoms with van der Waals surface area (Å²) in [5.74, 6) is 1.82. The molecule has 1 heterocycles. The third-order valence-electron chi connectivity index (χ3n) is 7.17. The van der Waals surface area contributed by atoms with Gasteiger partial charge in [-0.2, -0.15) is 0 Å². The molecule has 0 unspecified atom stereocenters. The van der Waals surface area contributed by atoms with E-state index >= 15 is 0 Å². The quantitative estimate of drug-likeness (QED) is 0.267. The Morgan fingerprint density at radius 1 is 0.763 bits per heavy atom. The number of hydrogen-bond acceptors (Lipinski definition) is 2. The number of benzene rings is 4. The summed E-state index contributed by atoms with van der Waals surface area (Å²) in [6, 6.07) is 34.3. The molecular formula is C33H36NO2PS. The summed E-state index contributed by atoms with van der Waals surface area (Å²) in [5.41, 5.74) is 3.11. The van der Waals surface area contributed by atoms with Gasteiger partial charge in [-0.15, -0.1) is 0 Å². The minimum Gasteiger partial charge on any atom is -0.456 e. The lowest BCUT2D eigenvalue weighted by molar-refractivity contribution is 0.412. The molecule has 5 rings (SSSR count). The van der Waals surface area contributed by atoms with E-state index in [9.17, 15) is 4.21 Å². The topological polar surface area (TPSA) is 38.3 Å². The third-order valence-corrected chi connectivity index (χ3v) is 11.3. The molecule has 4 aromatic carbocycles. The molecule has 1 aliphatic rings. The second kappa shape index (κ2) is 10.4. The van der Waals surface area contributed by atoms with Crippen LogP contribution in [0.5, 0.6) is 11.5 Å². The second-order valence-electron chi connectivity index (χ2n) is 11.3. The number of nitrogens with one attached hydrogen (secondary N) is 1. The van der Waals surface area contributed by atoms with Gasteiger partial charge in [0.1, 0.15) is 11.5 Å². The van der Waals surface area contributed by atoms with Crippen molar-refractivity contribution in [3.63, 3.8) is 0 Å². The first-order chi connectivity index (χ1) is 18.1. The molecule has 196 valence electrons. The van der Waals surface area contributed by atoms with Crippen LogP contribution in [-0.2, 0) is 16.4 Å². The predicted molar refractivity (Wildman–Crippen MR) is 163 cm³/mol. The molecule has 0 aliphatic carbocycles. The first-order valence-electron chi connectivity index (χ1n) is 13.1. The standard InChI is InChI=1S/C33H36NO2PS/c1-23(34-38(35)32(2,3)4)26-19-13-20-27-30(26)36-31-28(33(27,5)6)21-14-22-29(31)37(24-15-9-7-10-16-24)25-17-11-8-12-18-25/h7-23,34H,1-6H3/t23-,38-/m1/s1. The summed E-state index contributed by atoms with van der Waals surface area (Å²) in [6.45, 7) is 12.6. The molecule has 0 radical (unpaired) electrons. The number of fused-ring (bicyclic) bond motifs is 2. The average molecular weight is 542 g/mol. The number of hydrogen-bond donors (Lipinski definition) is 1. The molecule has 3 nitrogen and oxygen atoms in total. The van der Waals surface area contributed by atoms with Crippen molar-refractivity contribution in [2.24, 2.45) is 0 Å². The maximum absolute atomic E-state index is 13.0. The molecule has 0 amide bonds. The van der Waals surface area contributed by atoms with Crippen molar-refractivity contribution in [1.82, 2.24) is 4.72 Å². The van der Waals surface area contributed by atoms with E-state index in [0.717, 1.165) is 22.6 Å². The van der Waals surface area contributed by atoms with E-state index in [1.807, 2.05) is 20.8 Å². The molecule has 4 aromatic rings. The van der Waals surface area contributed by atoms with Gasteiger partial charge in [-0.25, -0.2) is 8.93 Å². The summed E-state index contributed by atoms with van der Waals surface area (Å²) in [5, 5.41) is 3.79. The van der Waals surface area contributed by atoms with Crippen LogP contribution in [0.4, 0.5) is 0 Å². The molecule has 0 saturated carbocycles. The summed E-state index contributed by atoms with van der Waals surface area (Å²) in [4.78, 5) is 0. The van der Waals surface area contributed by atoms with Gasteiger partial charge in [0.15, 0.2) is 0 Å². The third kappa shape index (κ3) is 4.98. The first-order valence-corrected chi connectivity index (χ1v) is 15.6. The Bertz CT molecular complexity index is 1420. The maximum Gasteiger partial charge on any atom is 0.139 e. The van der Waals surface area contributed by atoms with Crippen molar-refractivity contribution in [2.75, 3.05) is 0 Å². The largest absolute Gasteiger partial charge is 0.456 e. The summed E-state index contributed by atoms with van der Waals surface area (Å²) in [7, 11) is -2.03. The Labute approximate surface area is 231 Å². The van der Waals surface area contributed by atoms with E-state index in [4.69, 9.17) is 4.74 Å². The molecular weight excluding hydrogens is 505 g/mol. The molecule has 0 fully saturated rings. The smallest absolute Gasteiger partial charge is 0.139 e. The molecule has 0 bridgehead atoms. The monoisotopic (exact) mass is 541 g/mol. The zero-order chi connectivity index (χ0) is 27.1. The van der Waals surface area contributed by atoms with Crippen molar-refractivity contribution in [3.05, 3.63) is 114 Å². The van der Waals surface area contributed by atoms with Crippen LogP contribution in [0.25, 0.3) is 0 Å². The van der Waals surface area contributed by atoms with Gasteiger partial charge >= 0.3 is 0 Å². The van der Waals surface area contributed by atoms with Crippen LogP contribution in [0.15, 0.2) is 97.1 Å². The maximum atomic E-state index is 13.0. The summed E-state index contributed by atoms with van der Waals surface area (Å²) >= 11 is 0. The van der Waals surface area contributed by atoms with E-state index < -0.39 is 18.9 Å². The van der Waals surface area contributed by atoms with Crippen LogP contribution < -0.4 is 25.4 Å². The molecule has 0 spiro atoms. The van der Waals surface area contributed by atoms with Gasteiger partial charge in [0.05, 0.1) is 15.7 Å². The fourth-order valence-corrected chi connectivity index (χ4v) is 8.23. The van der Waals surface area contributed by atoms with Crippen LogP contribution in [0.3, 0.4) is 0 Å². The van der Waals surface area contributed by atoms with Crippen molar-refractivity contribution in [1.29, 1.82) is 0 Å². The number of rotatable bonds is 6. The highest BCUT2D eigenvalue weighted by atomic mass is 32.2. The Hall–Kier alpha value is -2.78. The van der Waals surface area contributed by atoms with Gasteiger partial charge < -0.3 is 4.74 Å². The molecule has 1 N–H and O–H groups in total. The molecule has 0 saturated heterocycles. The van der Waals surface area contributed by atoms with Gasteiger partial charge in [-0.1, -0.05) is 111 Å². The lowest BCUT2D eigenvalue weighted by atomic mass is 9.75. The van der Waals surface area contributed by atoms with Gasteiger partial charge in [0, 0.05) is 33.5 Å². The van der Waals surface area contributed by atoms with E-state index in [0.29, 0.717) is 0 Å².